The summed E-state index contributed by atoms with van der Waals surface area (Å²) in [6.07, 6.45) is 4.89. The predicted molar refractivity (Wildman–Crippen MR) is 107 cm³/mol. The van der Waals surface area contributed by atoms with E-state index in [0.717, 1.165) is 24.8 Å². The van der Waals surface area contributed by atoms with Gasteiger partial charge in [0.05, 0.1) is 0 Å². The van der Waals surface area contributed by atoms with Crippen molar-refractivity contribution in [2.45, 2.75) is 38.4 Å². The fourth-order valence-corrected chi connectivity index (χ4v) is 4.49. The van der Waals surface area contributed by atoms with E-state index in [1.54, 1.807) is 41.6 Å². The first-order chi connectivity index (χ1) is 14.1. The summed E-state index contributed by atoms with van der Waals surface area (Å²) in [7, 11) is 0. The van der Waals surface area contributed by atoms with Crippen LogP contribution in [0, 0.1) is 5.41 Å². The Balaban J connectivity index is 1.37. The summed E-state index contributed by atoms with van der Waals surface area (Å²) in [5.41, 5.74) is 1.45. The summed E-state index contributed by atoms with van der Waals surface area (Å²) in [6.45, 7) is 2.35. The second-order valence-electron chi connectivity index (χ2n) is 8.21. The Morgan fingerprint density at radius 3 is 2.55 bits per heavy atom. The molecule has 0 bridgehead atoms. The Labute approximate surface area is 170 Å². The molecule has 2 fully saturated rings. The number of piperidine rings is 2. The zero-order chi connectivity index (χ0) is 20.3. The number of hydrogen-bond donors (Lipinski definition) is 0. The molecule has 0 aliphatic carbocycles. The Hall–Kier alpha value is -2.76. The van der Waals surface area contributed by atoms with Crippen LogP contribution in [0.25, 0.3) is 0 Å². The van der Waals surface area contributed by atoms with Crippen molar-refractivity contribution in [2.24, 2.45) is 5.41 Å². The molecule has 1 spiro atoms. The summed E-state index contributed by atoms with van der Waals surface area (Å²) in [5.74, 6) is -0.281. The maximum absolute atomic E-state index is 14.7. The molecule has 2 aliphatic heterocycles. The summed E-state index contributed by atoms with van der Waals surface area (Å²) in [6, 6.07) is 12.5. The van der Waals surface area contributed by atoms with Crippen molar-refractivity contribution in [3.05, 3.63) is 66.0 Å². The van der Waals surface area contributed by atoms with E-state index in [9.17, 15) is 14.0 Å². The highest BCUT2D eigenvalue weighted by molar-refractivity contribution is 5.82. The number of carbonyl (C=O) groups excluding carboxylic acids is 2. The number of aromatic nitrogens is 1. The third-order valence-electron chi connectivity index (χ3n) is 6.29. The fraction of sp³-hybridized carbons (Fsp3) is 0.435. The number of rotatable bonds is 4. The summed E-state index contributed by atoms with van der Waals surface area (Å²) < 4.78 is 14.7. The lowest BCUT2D eigenvalue weighted by atomic mass is 9.72. The lowest BCUT2D eigenvalue weighted by Crippen LogP contribution is -2.52. The van der Waals surface area contributed by atoms with Crippen molar-refractivity contribution in [1.82, 2.24) is 14.8 Å². The van der Waals surface area contributed by atoms with Crippen LogP contribution in [0.15, 0.2) is 54.9 Å². The van der Waals surface area contributed by atoms with Crippen LogP contribution in [0.5, 0.6) is 0 Å². The molecule has 2 amide bonds. The Morgan fingerprint density at radius 1 is 1.10 bits per heavy atom. The van der Waals surface area contributed by atoms with Crippen LogP contribution in [0.3, 0.4) is 0 Å². The van der Waals surface area contributed by atoms with E-state index in [2.05, 4.69) is 4.98 Å². The van der Waals surface area contributed by atoms with Crippen LogP contribution in [0.4, 0.5) is 4.39 Å². The maximum Gasteiger partial charge on any atom is 0.261 e. The molecule has 0 N–H and O–H groups in total. The highest BCUT2D eigenvalue weighted by atomic mass is 19.1. The number of benzene rings is 1. The Bertz CT molecular complexity index is 851. The van der Waals surface area contributed by atoms with Gasteiger partial charge in [-0.15, -0.1) is 0 Å². The molecule has 4 rings (SSSR count). The van der Waals surface area contributed by atoms with Gasteiger partial charge in [-0.25, -0.2) is 4.39 Å². The molecular weight excluding hydrogens is 369 g/mol. The van der Waals surface area contributed by atoms with Crippen LogP contribution in [-0.4, -0.2) is 46.2 Å². The number of alkyl halides is 1. The summed E-state index contributed by atoms with van der Waals surface area (Å²) in [5, 5.41) is 0. The zero-order valence-electron chi connectivity index (χ0n) is 16.5. The van der Waals surface area contributed by atoms with Gasteiger partial charge in [0.1, 0.15) is 0 Å². The molecule has 1 aromatic heterocycles. The minimum atomic E-state index is -1.61. The minimum Gasteiger partial charge on any atom is -0.340 e. The van der Waals surface area contributed by atoms with E-state index in [4.69, 9.17) is 0 Å². The third-order valence-corrected chi connectivity index (χ3v) is 6.29. The van der Waals surface area contributed by atoms with Gasteiger partial charge in [0.25, 0.3) is 5.91 Å². The molecular formula is C23H26FN3O2. The SMILES string of the molecule is O=C1CCC2(CCN(C(=O)[C@@H](F)c3ccccc3)CC2)CN1Cc1cccnc1. The lowest BCUT2D eigenvalue weighted by molar-refractivity contribution is -0.145. The van der Waals surface area contributed by atoms with Crippen molar-refractivity contribution in [3.63, 3.8) is 0 Å². The monoisotopic (exact) mass is 395 g/mol. The van der Waals surface area contributed by atoms with E-state index >= 15 is 0 Å². The number of pyridine rings is 1. The number of hydrogen-bond acceptors (Lipinski definition) is 3. The van der Waals surface area contributed by atoms with Gasteiger partial charge in [-0.05, 0) is 41.9 Å². The van der Waals surface area contributed by atoms with Crippen LogP contribution in [0.2, 0.25) is 0 Å². The number of nitrogens with zero attached hydrogens (tertiary/aromatic N) is 3. The zero-order valence-corrected chi connectivity index (χ0v) is 16.5. The van der Waals surface area contributed by atoms with Gasteiger partial charge in [-0.2, -0.15) is 0 Å². The van der Waals surface area contributed by atoms with E-state index in [1.165, 1.54) is 0 Å². The standard InChI is InChI=1S/C23H26FN3O2/c24-21(19-6-2-1-3-7-19)22(29)26-13-10-23(11-14-26)9-8-20(28)27(17-23)16-18-5-4-12-25-15-18/h1-7,12,15,21H,8-11,13-14,16-17H2/t21-/m0/s1. The van der Waals surface area contributed by atoms with Gasteiger partial charge in [0.15, 0.2) is 0 Å². The predicted octanol–water partition coefficient (Wildman–Crippen LogP) is 3.52. The number of amides is 2. The lowest BCUT2D eigenvalue weighted by Gasteiger charge is -2.47. The third kappa shape index (κ3) is 4.31. The van der Waals surface area contributed by atoms with Crippen LogP contribution in [-0.2, 0) is 16.1 Å². The molecule has 152 valence electrons. The Kier molecular flexibility index (Phi) is 5.60. The minimum absolute atomic E-state index is 0.0193. The number of halogens is 1. The summed E-state index contributed by atoms with van der Waals surface area (Å²) >= 11 is 0. The average molecular weight is 395 g/mol. The smallest absolute Gasteiger partial charge is 0.261 e. The maximum atomic E-state index is 14.7. The molecule has 2 aliphatic rings. The molecule has 5 nitrogen and oxygen atoms in total. The second kappa shape index (κ2) is 8.31. The molecule has 0 radical (unpaired) electrons. The molecule has 2 saturated heterocycles. The van der Waals surface area contributed by atoms with Crippen LogP contribution >= 0.6 is 0 Å². The van der Waals surface area contributed by atoms with E-state index in [1.807, 2.05) is 23.1 Å². The van der Waals surface area contributed by atoms with Crippen molar-refractivity contribution < 1.29 is 14.0 Å². The second-order valence-corrected chi connectivity index (χ2v) is 8.21. The first kappa shape index (κ1) is 19.6. The molecule has 0 saturated carbocycles. The van der Waals surface area contributed by atoms with Crippen molar-refractivity contribution >= 4 is 11.8 Å². The van der Waals surface area contributed by atoms with E-state index in [0.29, 0.717) is 38.2 Å². The molecule has 2 aromatic rings. The van der Waals surface area contributed by atoms with Crippen molar-refractivity contribution in [3.8, 4) is 0 Å². The molecule has 29 heavy (non-hydrogen) atoms. The topological polar surface area (TPSA) is 53.5 Å². The highest BCUT2D eigenvalue weighted by Gasteiger charge is 2.42. The number of carbonyl (C=O) groups is 2. The van der Waals surface area contributed by atoms with Crippen molar-refractivity contribution in [1.29, 1.82) is 0 Å². The van der Waals surface area contributed by atoms with E-state index < -0.39 is 12.1 Å². The first-order valence-electron chi connectivity index (χ1n) is 10.2. The first-order valence-corrected chi connectivity index (χ1v) is 10.2. The van der Waals surface area contributed by atoms with E-state index in [-0.39, 0.29) is 11.3 Å². The Morgan fingerprint density at radius 2 is 1.86 bits per heavy atom. The number of likely N-dealkylation sites (tertiary alicyclic amines) is 2. The van der Waals surface area contributed by atoms with Gasteiger partial charge in [-0.1, -0.05) is 36.4 Å². The van der Waals surface area contributed by atoms with Crippen LogP contribution in [0.1, 0.15) is 43.0 Å². The van der Waals surface area contributed by atoms with Gasteiger partial charge in [0, 0.05) is 45.0 Å². The largest absolute Gasteiger partial charge is 0.340 e. The molecule has 0 unspecified atom stereocenters. The summed E-state index contributed by atoms with van der Waals surface area (Å²) in [4.78, 5) is 32.7. The van der Waals surface area contributed by atoms with Crippen LogP contribution < -0.4 is 0 Å². The highest BCUT2D eigenvalue weighted by Crippen LogP contribution is 2.41. The van der Waals surface area contributed by atoms with Gasteiger partial charge < -0.3 is 9.80 Å². The quantitative estimate of drug-likeness (QED) is 0.796. The molecule has 3 heterocycles. The normalized spacial score (nSPS) is 20.0. The van der Waals surface area contributed by atoms with Gasteiger partial charge >= 0.3 is 0 Å². The van der Waals surface area contributed by atoms with Gasteiger partial charge in [-0.3, -0.25) is 14.6 Å². The molecule has 1 atom stereocenters. The fourth-order valence-electron chi connectivity index (χ4n) is 4.49. The molecule has 6 heteroatoms. The average Bonchev–Trinajstić information content (AvgIpc) is 2.77. The van der Waals surface area contributed by atoms with Crippen molar-refractivity contribution in [2.75, 3.05) is 19.6 Å². The molecule has 1 aromatic carbocycles. The van der Waals surface area contributed by atoms with Gasteiger partial charge in [0.2, 0.25) is 12.1 Å².